The predicted octanol–water partition coefficient (Wildman–Crippen LogP) is 1.57. The summed E-state index contributed by atoms with van der Waals surface area (Å²) < 4.78 is 5.11. The molecular formula is C13H14ClNO4. The molecule has 1 aliphatic heterocycles. The number of rotatable bonds is 2. The van der Waals surface area contributed by atoms with E-state index in [1.807, 2.05) is 0 Å². The number of morpholine rings is 1. The second-order valence-electron chi connectivity index (χ2n) is 4.36. The highest BCUT2D eigenvalue weighted by Gasteiger charge is 2.33. The van der Waals surface area contributed by atoms with Crippen LogP contribution in [0, 0.1) is 6.92 Å². The van der Waals surface area contributed by atoms with E-state index in [0.29, 0.717) is 17.2 Å². The Morgan fingerprint density at radius 2 is 2.21 bits per heavy atom. The molecule has 0 saturated carbocycles. The summed E-state index contributed by atoms with van der Waals surface area (Å²) in [4.78, 5) is 24.9. The van der Waals surface area contributed by atoms with Gasteiger partial charge in [0.25, 0.3) is 5.91 Å². The molecule has 5 nitrogen and oxygen atoms in total. The van der Waals surface area contributed by atoms with Crippen LogP contribution < -0.4 is 0 Å². The SMILES string of the molecule is Cc1cccc(C(=O)N2CCOCC2C(=O)O)c1Cl. The van der Waals surface area contributed by atoms with E-state index in [0.717, 1.165) is 5.56 Å². The van der Waals surface area contributed by atoms with Crippen LogP contribution in [0.3, 0.4) is 0 Å². The summed E-state index contributed by atoms with van der Waals surface area (Å²) in [5, 5.41) is 9.49. The molecule has 1 aromatic rings. The number of amides is 1. The number of carbonyl (C=O) groups is 2. The van der Waals surface area contributed by atoms with Gasteiger partial charge in [-0.3, -0.25) is 4.79 Å². The van der Waals surface area contributed by atoms with Gasteiger partial charge in [-0.1, -0.05) is 23.7 Å². The van der Waals surface area contributed by atoms with Gasteiger partial charge in [0.1, 0.15) is 0 Å². The Morgan fingerprint density at radius 1 is 1.47 bits per heavy atom. The molecule has 19 heavy (non-hydrogen) atoms. The molecule has 0 bridgehead atoms. The minimum Gasteiger partial charge on any atom is -0.480 e. The number of carbonyl (C=O) groups excluding carboxylic acids is 1. The maximum absolute atomic E-state index is 12.4. The van der Waals surface area contributed by atoms with Crippen LogP contribution in [0.4, 0.5) is 0 Å². The largest absolute Gasteiger partial charge is 0.480 e. The molecule has 1 aromatic carbocycles. The van der Waals surface area contributed by atoms with E-state index in [1.165, 1.54) is 4.90 Å². The number of hydrogen-bond donors (Lipinski definition) is 1. The first-order valence-electron chi connectivity index (χ1n) is 5.89. The Labute approximate surface area is 115 Å². The quantitative estimate of drug-likeness (QED) is 0.895. The number of hydrogen-bond acceptors (Lipinski definition) is 3. The standard InChI is InChI=1S/C13H14ClNO4/c1-8-3-2-4-9(11(8)14)12(16)15-5-6-19-7-10(15)13(17)18/h2-4,10H,5-7H2,1H3,(H,17,18). The van der Waals surface area contributed by atoms with Crippen molar-refractivity contribution in [3.05, 3.63) is 34.3 Å². The van der Waals surface area contributed by atoms with E-state index in [2.05, 4.69) is 0 Å². The first kappa shape index (κ1) is 13.8. The van der Waals surface area contributed by atoms with Crippen molar-refractivity contribution in [3.63, 3.8) is 0 Å². The van der Waals surface area contributed by atoms with Crippen LogP contribution in [-0.4, -0.2) is 47.7 Å². The molecule has 1 atom stereocenters. The summed E-state index contributed by atoms with van der Waals surface area (Å²) in [5.41, 5.74) is 1.11. The molecule has 1 amide bonds. The van der Waals surface area contributed by atoms with Crippen molar-refractivity contribution < 1.29 is 19.4 Å². The number of ether oxygens (including phenoxy) is 1. The molecule has 1 unspecified atom stereocenters. The molecule has 102 valence electrons. The zero-order valence-electron chi connectivity index (χ0n) is 10.4. The predicted molar refractivity (Wildman–Crippen MR) is 69.5 cm³/mol. The zero-order chi connectivity index (χ0) is 14.0. The zero-order valence-corrected chi connectivity index (χ0v) is 11.2. The van der Waals surface area contributed by atoms with E-state index in [4.69, 9.17) is 21.4 Å². The molecule has 1 saturated heterocycles. The van der Waals surface area contributed by atoms with Gasteiger partial charge in [0.15, 0.2) is 6.04 Å². The van der Waals surface area contributed by atoms with Crippen LogP contribution in [0.1, 0.15) is 15.9 Å². The van der Waals surface area contributed by atoms with Gasteiger partial charge in [0, 0.05) is 6.54 Å². The van der Waals surface area contributed by atoms with Crippen molar-refractivity contribution in [1.82, 2.24) is 4.90 Å². The molecule has 0 radical (unpaired) electrons. The highest BCUT2D eigenvalue weighted by molar-refractivity contribution is 6.34. The van der Waals surface area contributed by atoms with Crippen LogP contribution >= 0.6 is 11.6 Å². The third-order valence-electron chi connectivity index (χ3n) is 3.10. The van der Waals surface area contributed by atoms with Gasteiger partial charge in [0.2, 0.25) is 0 Å². The summed E-state index contributed by atoms with van der Waals surface area (Å²) in [6, 6.07) is 4.17. The molecular weight excluding hydrogens is 270 g/mol. The van der Waals surface area contributed by atoms with Gasteiger partial charge in [-0.05, 0) is 18.6 Å². The molecule has 0 spiro atoms. The summed E-state index contributed by atoms with van der Waals surface area (Å²) in [6.45, 7) is 2.39. The smallest absolute Gasteiger partial charge is 0.328 e. The number of benzene rings is 1. The fourth-order valence-electron chi connectivity index (χ4n) is 2.02. The average Bonchev–Trinajstić information content (AvgIpc) is 2.41. The number of halogens is 1. The van der Waals surface area contributed by atoms with E-state index >= 15 is 0 Å². The topological polar surface area (TPSA) is 66.8 Å². The first-order valence-corrected chi connectivity index (χ1v) is 6.27. The second-order valence-corrected chi connectivity index (χ2v) is 4.74. The molecule has 1 fully saturated rings. The maximum Gasteiger partial charge on any atom is 0.328 e. The lowest BCUT2D eigenvalue weighted by Gasteiger charge is -2.33. The van der Waals surface area contributed by atoms with E-state index in [-0.39, 0.29) is 19.1 Å². The Morgan fingerprint density at radius 3 is 2.89 bits per heavy atom. The van der Waals surface area contributed by atoms with Gasteiger partial charge in [-0.2, -0.15) is 0 Å². The second kappa shape index (κ2) is 5.59. The van der Waals surface area contributed by atoms with E-state index in [9.17, 15) is 9.59 Å². The number of aliphatic carboxylic acids is 1. The Kier molecular flexibility index (Phi) is 4.07. The van der Waals surface area contributed by atoms with Gasteiger partial charge in [-0.15, -0.1) is 0 Å². The van der Waals surface area contributed by atoms with Crippen molar-refractivity contribution in [2.45, 2.75) is 13.0 Å². The van der Waals surface area contributed by atoms with Crippen LogP contribution in [0.5, 0.6) is 0 Å². The van der Waals surface area contributed by atoms with E-state index < -0.39 is 12.0 Å². The number of nitrogens with zero attached hydrogens (tertiary/aromatic N) is 1. The number of aryl methyl sites for hydroxylation is 1. The highest BCUT2D eigenvalue weighted by Crippen LogP contribution is 2.23. The lowest BCUT2D eigenvalue weighted by molar-refractivity contribution is -0.147. The lowest BCUT2D eigenvalue weighted by atomic mass is 10.1. The monoisotopic (exact) mass is 283 g/mol. The highest BCUT2D eigenvalue weighted by atomic mass is 35.5. The third kappa shape index (κ3) is 2.72. The Hall–Kier alpha value is -1.59. The van der Waals surface area contributed by atoms with Crippen molar-refractivity contribution in [2.75, 3.05) is 19.8 Å². The molecule has 1 heterocycles. The van der Waals surface area contributed by atoms with Crippen LogP contribution in [0.15, 0.2) is 18.2 Å². The van der Waals surface area contributed by atoms with Crippen molar-refractivity contribution >= 4 is 23.5 Å². The lowest BCUT2D eigenvalue weighted by Crippen LogP contribution is -2.52. The van der Waals surface area contributed by atoms with Gasteiger partial charge < -0.3 is 14.7 Å². The van der Waals surface area contributed by atoms with Gasteiger partial charge in [0.05, 0.1) is 23.8 Å². The fourth-order valence-corrected chi connectivity index (χ4v) is 2.23. The normalized spacial score (nSPS) is 19.3. The Bertz CT molecular complexity index is 517. The molecule has 2 rings (SSSR count). The van der Waals surface area contributed by atoms with Crippen molar-refractivity contribution in [3.8, 4) is 0 Å². The minimum atomic E-state index is -1.07. The summed E-state index contributed by atoms with van der Waals surface area (Å²) >= 11 is 6.11. The molecule has 6 heteroatoms. The van der Waals surface area contributed by atoms with Crippen LogP contribution in [0.25, 0.3) is 0 Å². The van der Waals surface area contributed by atoms with Crippen molar-refractivity contribution in [1.29, 1.82) is 0 Å². The van der Waals surface area contributed by atoms with Gasteiger partial charge in [-0.25, -0.2) is 4.79 Å². The summed E-state index contributed by atoms with van der Waals surface area (Å²) in [6.07, 6.45) is 0. The van der Waals surface area contributed by atoms with Crippen molar-refractivity contribution in [2.24, 2.45) is 0 Å². The third-order valence-corrected chi connectivity index (χ3v) is 3.60. The maximum atomic E-state index is 12.4. The van der Waals surface area contributed by atoms with Gasteiger partial charge >= 0.3 is 5.97 Å². The molecule has 1 N–H and O–H groups in total. The van der Waals surface area contributed by atoms with E-state index in [1.54, 1.807) is 25.1 Å². The molecule has 0 aromatic heterocycles. The van der Waals surface area contributed by atoms with Crippen LogP contribution in [0.2, 0.25) is 5.02 Å². The summed E-state index contributed by atoms with van der Waals surface area (Å²) in [5.74, 6) is -1.44. The van der Waals surface area contributed by atoms with Crippen LogP contribution in [-0.2, 0) is 9.53 Å². The fraction of sp³-hybridized carbons (Fsp3) is 0.385. The minimum absolute atomic E-state index is 0.00447. The number of carboxylic acids is 1. The average molecular weight is 284 g/mol. The Balaban J connectivity index is 2.31. The molecule has 0 aliphatic carbocycles. The first-order chi connectivity index (χ1) is 9.02. The summed E-state index contributed by atoms with van der Waals surface area (Å²) in [7, 11) is 0. The number of carboxylic acid groups (broad SMARTS) is 1. The molecule has 1 aliphatic rings.